The number of benzene rings is 2. The predicted octanol–water partition coefficient (Wildman–Crippen LogP) is 3.26. The summed E-state index contributed by atoms with van der Waals surface area (Å²) in [4.78, 5) is 23.7. The van der Waals surface area contributed by atoms with E-state index in [1.165, 1.54) is 13.3 Å². The summed E-state index contributed by atoms with van der Waals surface area (Å²) >= 11 is 5.78. The minimum Gasteiger partial charge on any atom is -0.504 e. The van der Waals surface area contributed by atoms with Gasteiger partial charge in [0.1, 0.15) is 6.42 Å². The number of phenolic OH excluding ortho intramolecular Hbond substituents is 1. The Balaban J connectivity index is 1.93. The number of rotatable bonds is 8. The van der Waals surface area contributed by atoms with Gasteiger partial charge in [-0.05, 0) is 48.4 Å². The van der Waals surface area contributed by atoms with E-state index in [-0.39, 0.29) is 17.9 Å². The van der Waals surface area contributed by atoms with Crippen LogP contribution >= 0.6 is 11.6 Å². The molecule has 0 bridgehead atoms. The Morgan fingerprint density at radius 2 is 1.96 bits per heavy atom. The maximum Gasteiger partial charge on any atom is 0.249 e. The van der Waals surface area contributed by atoms with E-state index in [4.69, 9.17) is 16.3 Å². The topological polar surface area (TPSA) is 100 Å². The SMILES string of the molecule is C=CCc1cc(C=NNC(=O)CC(=O)Nc2ccc(Cl)cc2)cc(OC)c1O. The van der Waals surface area contributed by atoms with Crippen molar-refractivity contribution in [2.75, 3.05) is 12.4 Å². The molecule has 0 fully saturated rings. The van der Waals surface area contributed by atoms with Crippen LogP contribution in [0.5, 0.6) is 11.5 Å². The molecule has 2 amide bonds. The molecule has 0 saturated carbocycles. The molecule has 0 heterocycles. The van der Waals surface area contributed by atoms with Gasteiger partial charge in [0.25, 0.3) is 0 Å². The third-order valence-electron chi connectivity index (χ3n) is 3.61. The zero-order valence-corrected chi connectivity index (χ0v) is 16.0. The van der Waals surface area contributed by atoms with Gasteiger partial charge in [-0.3, -0.25) is 9.59 Å². The Hall–Kier alpha value is -3.32. The second-order valence-electron chi connectivity index (χ2n) is 5.75. The highest BCUT2D eigenvalue weighted by molar-refractivity contribution is 6.30. The number of aromatic hydroxyl groups is 1. The molecule has 0 saturated heterocycles. The van der Waals surface area contributed by atoms with E-state index in [1.54, 1.807) is 42.5 Å². The maximum absolute atomic E-state index is 11.9. The number of nitrogens with zero attached hydrogens (tertiary/aromatic N) is 1. The Kier molecular flexibility index (Phi) is 7.59. The van der Waals surface area contributed by atoms with Gasteiger partial charge in [0.15, 0.2) is 11.5 Å². The molecule has 3 N–H and O–H groups in total. The summed E-state index contributed by atoms with van der Waals surface area (Å²) in [7, 11) is 1.44. The molecule has 2 aromatic carbocycles. The lowest BCUT2D eigenvalue weighted by Gasteiger charge is -2.09. The number of ether oxygens (including phenoxy) is 1. The van der Waals surface area contributed by atoms with Gasteiger partial charge in [-0.2, -0.15) is 5.10 Å². The molecule has 7 nitrogen and oxygen atoms in total. The largest absolute Gasteiger partial charge is 0.504 e. The van der Waals surface area contributed by atoms with Crippen molar-refractivity contribution in [1.29, 1.82) is 0 Å². The first-order valence-corrected chi connectivity index (χ1v) is 8.68. The van der Waals surface area contributed by atoms with Crippen LogP contribution in [0.25, 0.3) is 0 Å². The maximum atomic E-state index is 11.9. The molecule has 0 aliphatic carbocycles. The minimum atomic E-state index is -0.570. The number of carbonyl (C=O) groups is 2. The first-order chi connectivity index (χ1) is 13.4. The molecule has 2 aromatic rings. The van der Waals surface area contributed by atoms with Crippen LogP contribution < -0.4 is 15.5 Å². The summed E-state index contributed by atoms with van der Waals surface area (Å²) in [5.41, 5.74) is 4.05. The van der Waals surface area contributed by atoms with Crippen LogP contribution in [0.15, 0.2) is 54.2 Å². The summed E-state index contributed by atoms with van der Waals surface area (Å²) < 4.78 is 5.12. The monoisotopic (exact) mass is 401 g/mol. The quantitative estimate of drug-likeness (QED) is 0.273. The minimum absolute atomic E-state index is 0.0301. The average molecular weight is 402 g/mol. The Labute approximate surface area is 167 Å². The van der Waals surface area contributed by atoms with Gasteiger partial charge in [0.2, 0.25) is 11.8 Å². The number of nitrogens with one attached hydrogen (secondary N) is 2. The van der Waals surface area contributed by atoms with E-state index in [2.05, 4.69) is 22.4 Å². The fourth-order valence-corrected chi connectivity index (χ4v) is 2.46. The van der Waals surface area contributed by atoms with Crippen molar-refractivity contribution in [3.8, 4) is 11.5 Å². The molecule has 0 spiro atoms. The molecule has 0 aliphatic rings. The van der Waals surface area contributed by atoms with Crippen molar-refractivity contribution >= 4 is 35.3 Å². The second-order valence-corrected chi connectivity index (χ2v) is 6.19. The van der Waals surface area contributed by atoms with Crippen LogP contribution in [0, 0.1) is 0 Å². The number of amides is 2. The van der Waals surface area contributed by atoms with Gasteiger partial charge >= 0.3 is 0 Å². The first kappa shape index (κ1) is 21.0. The van der Waals surface area contributed by atoms with E-state index < -0.39 is 11.8 Å². The molecule has 28 heavy (non-hydrogen) atoms. The van der Waals surface area contributed by atoms with E-state index in [1.807, 2.05) is 0 Å². The number of allylic oxidation sites excluding steroid dienone is 1. The number of methoxy groups -OCH3 is 1. The number of hydrazone groups is 1. The van der Waals surface area contributed by atoms with Crippen molar-refractivity contribution in [2.45, 2.75) is 12.8 Å². The molecule has 2 rings (SSSR count). The fourth-order valence-electron chi connectivity index (χ4n) is 2.33. The number of anilines is 1. The molecular formula is C20H20ClN3O4. The Morgan fingerprint density at radius 1 is 1.25 bits per heavy atom. The second kappa shape index (κ2) is 10.1. The third-order valence-corrected chi connectivity index (χ3v) is 3.86. The predicted molar refractivity (Wildman–Crippen MR) is 109 cm³/mol. The van der Waals surface area contributed by atoms with Crippen LogP contribution in [0.4, 0.5) is 5.69 Å². The summed E-state index contributed by atoms with van der Waals surface area (Å²) in [6.45, 7) is 3.64. The lowest BCUT2D eigenvalue weighted by Crippen LogP contribution is -2.24. The zero-order valence-electron chi connectivity index (χ0n) is 15.2. The van der Waals surface area contributed by atoms with Gasteiger partial charge in [-0.25, -0.2) is 5.43 Å². The molecule has 146 valence electrons. The number of phenols is 1. The highest BCUT2D eigenvalue weighted by Gasteiger charge is 2.10. The fraction of sp³-hybridized carbons (Fsp3) is 0.150. The van der Waals surface area contributed by atoms with Crippen molar-refractivity contribution in [3.63, 3.8) is 0 Å². The molecule has 0 aliphatic heterocycles. The van der Waals surface area contributed by atoms with Crippen LogP contribution in [-0.2, 0) is 16.0 Å². The smallest absolute Gasteiger partial charge is 0.249 e. The third kappa shape index (κ3) is 6.14. The van der Waals surface area contributed by atoms with Gasteiger partial charge in [-0.15, -0.1) is 6.58 Å². The van der Waals surface area contributed by atoms with Crippen molar-refractivity contribution in [3.05, 3.63) is 65.2 Å². The van der Waals surface area contributed by atoms with E-state index >= 15 is 0 Å². The van der Waals surface area contributed by atoms with Crippen molar-refractivity contribution in [1.82, 2.24) is 5.43 Å². The number of hydrogen-bond donors (Lipinski definition) is 3. The summed E-state index contributed by atoms with van der Waals surface area (Å²) in [6, 6.07) is 9.81. The molecule has 8 heteroatoms. The van der Waals surface area contributed by atoms with Gasteiger partial charge in [-0.1, -0.05) is 17.7 Å². The number of carbonyl (C=O) groups excluding carboxylic acids is 2. The van der Waals surface area contributed by atoms with Gasteiger partial charge < -0.3 is 15.2 Å². The summed E-state index contributed by atoms with van der Waals surface area (Å²) in [5.74, 6) is -0.730. The molecule has 0 unspecified atom stereocenters. The number of hydrogen-bond acceptors (Lipinski definition) is 5. The van der Waals surface area contributed by atoms with Crippen LogP contribution in [0.1, 0.15) is 17.5 Å². The average Bonchev–Trinajstić information content (AvgIpc) is 2.66. The van der Waals surface area contributed by atoms with Crippen LogP contribution in [-0.4, -0.2) is 30.2 Å². The standard InChI is InChI=1S/C20H20ClN3O4/c1-3-4-14-9-13(10-17(28-2)20(14)27)12-22-24-19(26)11-18(25)23-16-7-5-15(21)6-8-16/h3,5-10,12,27H,1,4,11H2,2H3,(H,23,25)(H,24,26). The molecule has 0 radical (unpaired) electrons. The van der Waals surface area contributed by atoms with Gasteiger partial charge in [0, 0.05) is 16.3 Å². The van der Waals surface area contributed by atoms with Crippen molar-refractivity contribution < 1.29 is 19.4 Å². The van der Waals surface area contributed by atoms with Gasteiger partial charge in [0.05, 0.1) is 13.3 Å². The molecular weight excluding hydrogens is 382 g/mol. The Bertz CT molecular complexity index is 895. The van der Waals surface area contributed by atoms with E-state index in [9.17, 15) is 14.7 Å². The van der Waals surface area contributed by atoms with Crippen molar-refractivity contribution in [2.24, 2.45) is 5.10 Å². The van der Waals surface area contributed by atoms with Crippen LogP contribution in [0.2, 0.25) is 5.02 Å². The first-order valence-electron chi connectivity index (χ1n) is 8.31. The lowest BCUT2D eigenvalue weighted by molar-refractivity contribution is -0.126. The number of halogens is 1. The zero-order chi connectivity index (χ0) is 20.5. The summed E-state index contributed by atoms with van der Waals surface area (Å²) in [5, 5.41) is 17.0. The Morgan fingerprint density at radius 3 is 2.61 bits per heavy atom. The highest BCUT2D eigenvalue weighted by atomic mass is 35.5. The lowest BCUT2D eigenvalue weighted by atomic mass is 10.1. The van der Waals surface area contributed by atoms with E-state index in [0.717, 1.165) is 0 Å². The summed E-state index contributed by atoms with van der Waals surface area (Å²) in [6.07, 6.45) is 3.10. The molecule has 0 aromatic heterocycles. The normalized spacial score (nSPS) is 10.5. The van der Waals surface area contributed by atoms with Crippen LogP contribution in [0.3, 0.4) is 0 Å². The highest BCUT2D eigenvalue weighted by Crippen LogP contribution is 2.31. The molecule has 0 atom stereocenters. The van der Waals surface area contributed by atoms with E-state index in [0.29, 0.717) is 28.3 Å².